The molecule has 0 bridgehead atoms. The second kappa shape index (κ2) is 7.20. The highest BCUT2D eigenvalue weighted by Gasteiger charge is 2.29. The summed E-state index contributed by atoms with van der Waals surface area (Å²) in [6.45, 7) is 0. The number of benzene rings is 2. The standard InChI is InChI=1S/C16H11F5N2O/c1-24-12-6-14(17)13(15(18)7-12)9-23-22-8-10-2-4-11(5-3-10)16(19,20)21/h2-9H,1H3. The largest absolute Gasteiger partial charge is 0.497 e. The fourth-order valence-corrected chi connectivity index (χ4v) is 1.75. The Hall–Kier alpha value is -2.77. The van der Waals surface area contributed by atoms with Crippen molar-refractivity contribution in [2.75, 3.05) is 7.11 Å². The van der Waals surface area contributed by atoms with Crippen molar-refractivity contribution in [2.45, 2.75) is 6.18 Å². The quantitative estimate of drug-likeness (QED) is 0.459. The highest BCUT2D eigenvalue weighted by Crippen LogP contribution is 2.28. The zero-order valence-electron chi connectivity index (χ0n) is 12.3. The van der Waals surface area contributed by atoms with Gasteiger partial charge < -0.3 is 4.74 Å². The smallest absolute Gasteiger partial charge is 0.416 e. The Balaban J connectivity index is 2.10. The van der Waals surface area contributed by atoms with Gasteiger partial charge in [0.05, 0.1) is 30.7 Å². The lowest BCUT2D eigenvalue weighted by atomic mass is 10.1. The molecule has 0 amide bonds. The van der Waals surface area contributed by atoms with E-state index < -0.39 is 28.9 Å². The Morgan fingerprint density at radius 3 is 1.96 bits per heavy atom. The normalized spacial score (nSPS) is 12.2. The van der Waals surface area contributed by atoms with Crippen LogP contribution in [0.1, 0.15) is 16.7 Å². The van der Waals surface area contributed by atoms with Gasteiger partial charge in [0, 0.05) is 12.1 Å². The van der Waals surface area contributed by atoms with Crippen molar-refractivity contribution in [1.82, 2.24) is 0 Å². The van der Waals surface area contributed by atoms with Gasteiger partial charge in [-0.2, -0.15) is 23.4 Å². The van der Waals surface area contributed by atoms with Crippen LogP contribution in [0.15, 0.2) is 46.6 Å². The first-order valence-electron chi connectivity index (χ1n) is 6.58. The fraction of sp³-hybridized carbons (Fsp3) is 0.125. The van der Waals surface area contributed by atoms with E-state index in [9.17, 15) is 22.0 Å². The third-order valence-corrected chi connectivity index (χ3v) is 2.99. The molecule has 24 heavy (non-hydrogen) atoms. The van der Waals surface area contributed by atoms with Gasteiger partial charge in [0.25, 0.3) is 0 Å². The summed E-state index contributed by atoms with van der Waals surface area (Å²) >= 11 is 0. The highest BCUT2D eigenvalue weighted by molar-refractivity contribution is 5.83. The Kier molecular flexibility index (Phi) is 5.28. The van der Waals surface area contributed by atoms with Gasteiger partial charge in [-0.25, -0.2) is 8.78 Å². The van der Waals surface area contributed by atoms with Crippen LogP contribution < -0.4 is 4.74 Å². The average Bonchev–Trinajstić information content (AvgIpc) is 2.52. The molecular formula is C16H11F5N2O. The molecule has 2 rings (SSSR count). The minimum atomic E-state index is -4.42. The minimum absolute atomic E-state index is 0.0235. The second-order valence-corrected chi connectivity index (χ2v) is 4.61. The maximum Gasteiger partial charge on any atom is 0.416 e. The number of ether oxygens (including phenoxy) is 1. The molecular weight excluding hydrogens is 331 g/mol. The molecule has 0 saturated heterocycles. The van der Waals surface area contributed by atoms with E-state index in [1.807, 2.05) is 0 Å². The van der Waals surface area contributed by atoms with Crippen LogP contribution in [0, 0.1) is 11.6 Å². The summed E-state index contributed by atoms with van der Waals surface area (Å²) in [6, 6.07) is 6.18. The van der Waals surface area contributed by atoms with Crippen LogP contribution >= 0.6 is 0 Å². The molecule has 0 saturated carbocycles. The molecule has 0 unspecified atom stereocenters. The Labute approximate surface area is 134 Å². The van der Waals surface area contributed by atoms with Crippen LogP contribution in [0.5, 0.6) is 5.75 Å². The number of hydrogen-bond acceptors (Lipinski definition) is 3. The van der Waals surface area contributed by atoms with Gasteiger partial charge in [-0.3, -0.25) is 0 Å². The van der Waals surface area contributed by atoms with E-state index in [1.54, 1.807) is 0 Å². The van der Waals surface area contributed by atoms with E-state index in [1.165, 1.54) is 19.2 Å². The maximum absolute atomic E-state index is 13.6. The monoisotopic (exact) mass is 342 g/mol. The molecule has 2 aromatic carbocycles. The third kappa shape index (κ3) is 4.37. The molecule has 2 aromatic rings. The Morgan fingerprint density at radius 1 is 0.917 bits per heavy atom. The number of hydrogen-bond donors (Lipinski definition) is 0. The fourth-order valence-electron chi connectivity index (χ4n) is 1.75. The molecule has 0 aliphatic carbocycles. The van der Waals surface area contributed by atoms with E-state index >= 15 is 0 Å². The summed E-state index contributed by atoms with van der Waals surface area (Å²) in [4.78, 5) is 0. The van der Waals surface area contributed by atoms with Gasteiger partial charge in [-0.05, 0) is 17.7 Å². The lowest BCUT2D eigenvalue weighted by Crippen LogP contribution is -2.04. The molecule has 126 valence electrons. The third-order valence-electron chi connectivity index (χ3n) is 2.99. The number of alkyl halides is 3. The SMILES string of the molecule is COc1cc(F)c(C=NN=Cc2ccc(C(F)(F)F)cc2)c(F)c1. The van der Waals surface area contributed by atoms with E-state index in [0.717, 1.165) is 36.7 Å². The molecule has 0 aliphatic heterocycles. The summed E-state index contributed by atoms with van der Waals surface area (Å²) in [5.41, 5.74) is -0.832. The highest BCUT2D eigenvalue weighted by atomic mass is 19.4. The zero-order valence-corrected chi connectivity index (χ0v) is 12.3. The van der Waals surface area contributed by atoms with Crippen molar-refractivity contribution in [3.05, 3.63) is 64.7 Å². The van der Waals surface area contributed by atoms with E-state index in [4.69, 9.17) is 4.74 Å². The molecule has 0 atom stereocenters. The molecule has 0 N–H and O–H groups in total. The van der Waals surface area contributed by atoms with Crippen LogP contribution in [0.2, 0.25) is 0 Å². The minimum Gasteiger partial charge on any atom is -0.497 e. The van der Waals surface area contributed by atoms with Crippen LogP contribution in [0.3, 0.4) is 0 Å². The second-order valence-electron chi connectivity index (χ2n) is 4.61. The van der Waals surface area contributed by atoms with Crippen molar-refractivity contribution in [1.29, 1.82) is 0 Å². The van der Waals surface area contributed by atoms with Crippen molar-refractivity contribution < 1.29 is 26.7 Å². The molecule has 0 radical (unpaired) electrons. The lowest BCUT2D eigenvalue weighted by molar-refractivity contribution is -0.137. The molecule has 3 nitrogen and oxygen atoms in total. The van der Waals surface area contributed by atoms with Gasteiger partial charge in [0.1, 0.15) is 17.4 Å². The topological polar surface area (TPSA) is 34.0 Å². The molecule has 0 spiro atoms. The van der Waals surface area contributed by atoms with Crippen LogP contribution in [0.25, 0.3) is 0 Å². The Bertz CT molecular complexity index is 744. The van der Waals surface area contributed by atoms with Crippen molar-refractivity contribution in [3.63, 3.8) is 0 Å². The summed E-state index contributed by atoms with van der Waals surface area (Å²) < 4.78 is 69.2. The molecule has 0 heterocycles. The number of rotatable bonds is 4. The van der Waals surface area contributed by atoms with Gasteiger partial charge in [-0.1, -0.05) is 12.1 Å². The number of nitrogens with zero attached hydrogens (tertiary/aromatic N) is 2. The predicted molar refractivity (Wildman–Crippen MR) is 79.5 cm³/mol. The van der Waals surface area contributed by atoms with Crippen molar-refractivity contribution in [3.8, 4) is 5.75 Å². The first kappa shape index (κ1) is 17.6. The maximum atomic E-state index is 13.6. The first-order chi connectivity index (χ1) is 11.3. The first-order valence-corrected chi connectivity index (χ1v) is 6.58. The summed E-state index contributed by atoms with van der Waals surface area (Å²) in [5.74, 6) is -1.73. The van der Waals surface area contributed by atoms with Gasteiger partial charge >= 0.3 is 6.18 Å². The van der Waals surface area contributed by atoms with Crippen LogP contribution in [-0.2, 0) is 6.18 Å². The van der Waals surface area contributed by atoms with Crippen LogP contribution in [-0.4, -0.2) is 19.5 Å². The van der Waals surface area contributed by atoms with Crippen LogP contribution in [0.4, 0.5) is 22.0 Å². The van der Waals surface area contributed by atoms with E-state index in [-0.39, 0.29) is 5.75 Å². The molecule has 8 heteroatoms. The lowest BCUT2D eigenvalue weighted by Gasteiger charge is -2.05. The summed E-state index contributed by atoms with van der Waals surface area (Å²) in [7, 11) is 1.27. The summed E-state index contributed by atoms with van der Waals surface area (Å²) in [6.07, 6.45) is -2.39. The van der Waals surface area contributed by atoms with E-state index in [0.29, 0.717) is 5.56 Å². The average molecular weight is 342 g/mol. The predicted octanol–water partition coefficient (Wildman–Crippen LogP) is 4.45. The van der Waals surface area contributed by atoms with Crippen molar-refractivity contribution in [2.24, 2.45) is 10.2 Å². The van der Waals surface area contributed by atoms with Gasteiger partial charge in [0.2, 0.25) is 0 Å². The van der Waals surface area contributed by atoms with Crippen molar-refractivity contribution >= 4 is 12.4 Å². The van der Waals surface area contributed by atoms with Gasteiger partial charge in [-0.15, -0.1) is 0 Å². The van der Waals surface area contributed by atoms with Gasteiger partial charge in [0.15, 0.2) is 0 Å². The molecule has 0 aromatic heterocycles. The Morgan fingerprint density at radius 2 is 1.46 bits per heavy atom. The zero-order chi connectivity index (χ0) is 17.7. The summed E-state index contributed by atoms with van der Waals surface area (Å²) in [5, 5.41) is 7.04. The molecule has 0 aliphatic rings. The number of methoxy groups -OCH3 is 1. The van der Waals surface area contributed by atoms with E-state index in [2.05, 4.69) is 10.2 Å². The number of halogens is 5. The molecule has 0 fully saturated rings.